The maximum Gasteiger partial charge on any atom is 0.270 e. The van der Waals surface area contributed by atoms with Crippen LogP contribution < -0.4 is 15.0 Å². The molecular formula is C35H35ClN4O3. The van der Waals surface area contributed by atoms with Gasteiger partial charge in [-0.3, -0.25) is 4.79 Å². The number of carbonyl (C=O) groups is 1. The van der Waals surface area contributed by atoms with E-state index in [4.69, 9.17) is 14.5 Å². The fraction of sp³-hybridized carbons (Fsp3) is 0.257. The van der Waals surface area contributed by atoms with E-state index in [0.29, 0.717) is 18.8 Å². The summed E-state index contributed by atoms with van der Waals surface area (Å²) in [6, 6.07) is 27.0. The molecule has 7 nitrogen and oxygen atoms in total. The minimum absolute atomic E-state index is 0. The van der Waals surface area contributed by atoms with E-state index in [1.807, 2.05) is 30.3 Å². The lowest BCUT2D eigenvalue weighted by molar-refractivity contribution is -0.0168. The van der Waals surface area contributed by atoms with Gasteiger partial charge in [0.2, 0.25) is 0 Å². The Balaban J connectivity index is 0.00000329. The molecule has 5 aromatic rings. The Bertz CT molecular complexity index is 1800. The number of anilines is 1. The number of nitrogens with zero attached hydrogens (tertiary/aromatic N) is 3. The molecule has 1 amide bonds. The first-order valence-electron chi connectivity index (χ1n) is 14.5. The number of nitrogens with one attached hydrogen (secondary N) is 1. The molecule has 2 aromatic heterocycles. The molecular weight excluding hydrogens is 560 g/mol. The van der Waals surface area contributed by atoms with Crippen LogP contribution in [0.2, 0.25) is 0 Å². The number of hydrogen-bond acceptors (Lipinski definition) is 5. The van der Waals surface area contributed by atoms with Gasteiger partial charge in [-0.05, 0) is 60.2 Å². The summed E-state index contributed by atoms with van der Waals surface area (Å²) in [7, 11) is 0. The van der Waals surface area contributed by atoms with Crippen LogP contribution in [0.25, 0.3) is 10.9 Å². The van der Waals surface area contributed by atoms with Gasteiger partial charge < -0.3 is 24.3 Å². The third kappa shape index (κ3) is 5.46. The van der Waals surface area contributed by atoms with Gasteiger partial charge in [-0.25, -0.2) is 4.98 Å². The second kappa shape index (κ2) is 12.1. The summed E-state index contributed by atoms with van der Waals surface area (Å²) in [6.07, 6.45) is 0.941. The molecule has 0 saturated carbocycles. The summed E-state index contributed by atoms with van der Waals surface area (Å²) < 4.78 is 13.5. The molecule has 0 unspecified atom stereocenters. The van der Waals surface area contributed by atoms with Gasteiger partial charge in [0.25, 0.3) is 5.91 Å². The maximum atomic E-state index is 13.7. The van der Waals surface area contributed by atoms with E-state index >= 15 is 0 Å². The SMILES string of the molecule is Cc1c(C)n(Cc2ccccc2)c2c(N3CCc4ccccc4C3)nc(C(=O)NCc3cccc4c3COCO4)cc12.Cl. The van der Waals surface area contributed by atoms with E-state index in [2.05, 4.69) is 77.2 Å². The molecule has 0 spiro atoms. The number of aryl methyl sites for hydroxylation is 1. The zero-order chi connectivity index (χ0) is 28.6. The number of ether oxygens (including phenoxy) is 2. The lowest BCUT2D eigenvalue weighted by Gasteiger charge is -2.31. The second-order valence-corrected chi connectivity index (χ2v) is 11.1. The van der Waals surface area contributed by atoms with Gasteiger partial charge in [0.05, 0.1) is 12.1 Å². The molecule has 0 fully saturated rings. The zero-order valence-corrected chi connectivity index (χ0v) is 25.2. The predicted molar refractivity (Wildman–Crippen MR) is 171 cm³/mol. The van der Waals surface area contributed by atoms with Crippen molar-refractivity contribution in [2.75, 3.05) is 18.2 Å². The van der Waals surface area contributed by atoms with Crippen molar-refractivity contribution >= 4 is 35.0 Å². The van der Waals surface area contributed by atoms with Gasteiger partial charge >= 0.3 is 0 Å². The smallest absolute Gasteiger partial charge is 0.270 e. The summed E-state index contributed by atoms with van der Waals surface area (Å²) in [4.78, 5) is 21.1. The molecule has 4 heterocycles. The number of pyridine rings is 1. The number of amides is 1. The quantitative estimate of drug-likeness (QED) is 0.244. The van der Waals surface area contributed by atoms with Crippen LogP contribution in [0.4, 0.5) is 5.82 Å². The van der Waals surface area contributed by atoms with Crippen LogP contribution in [0.5, 0.6) is 5.75 Å². The third-order valence-electron chi connectivity index (χ3n) is 8.66. The first kappa shape index (κ1) is 28.8. The average molecular weight is 595 g/mol. The Hall–Kier alpha value is -4.33. The highest BCUT2D eigenvalue weighted by Gasteiger charge is 2.26. The molecule has 7 rings (SSSR count). The van der Waals surface area contributed by atoms with Crippen LogP contribution in [-0.4, -0.2) is 28.8 Å². The normalized spacial score (nSPS) is 14.0. The Kier molecular flexibility index (Phi) is 8.10. The molecule has 220 valence electrons. The van der Waals surface area contributed by atoms with Gasteiger partial charge in [-0.2, -0.15) is 0 Å². The van der Waals surface area contributed by atoms with Crippen LogP contribution in [0, 0.1) is 13.8 Å². The first-order chi connectivity index (χ1) is 20.6. The summed E-state index contributed by atoms with van der Waals surface area (Å²) in [5.74, 6) is 1.47. The highest BCUT2D eigenvalue weighted by Crippen LogP contribution is 2.35. The van der Waals surface area contributed by atoms with E-state index in [0.717, 1.165) is 59.7 Å². The molecule has 2 aliphatic heterocycles. The van der Waals surface area contributed by atoms with Crippen molar-refractivity contribution in [3.63, 3.8) is 0 Å². The lowest BCUT2D eigenvalue weighted by atomic mass is 10.00. The number of rotatable bonds is 6. The number of carbonyl (C=O) groups excluding carboxylic acids is 1. The van der Waals surface area contributed by atoms with Crippen molar-refractivity contribution in [1.82, 2.24) is 14.9 Å². The van der Waals surface area contributed by atoms with Crippen molar-refractivity contribution in [3.8, 4) is 5.75 Å². The van der Waals surface area contributed by atoms with Crippen LogP contribution in [0.3, 0.4) is 0 Å². The maximum absolute atomic E-state index is 13.7. The molecule has 0 aliphatic carbocycles. The van der Waals surface area contributed by atoms with Crippen LogP contribution >= 0.6 is 12.4 Å². The molecule has 3 aromatic carbocycles. The zero-order valence-electron chi connectivity index (χ0n) is 24.4. The summed E-state index contributed by atoms with van der Waals surface area (Å²) in [5.41, 5.74) is 9.73. The van der Waals surface area contributed by atoms with Crippen LogP contribution in [-0.2, 0) is 37.4 Å². The molecule has 1 N–H and O–H groups in total. The van der Waals surface area contributed by atoms with Gasteiger partial charge in [0.15, 0.2) is 12.6 Å². The summed E-state index contributed by atoms with van der Waals surface area (Å²) in [5, 5.41) is 4.18. The Labute approximate surface area is 257 Å². The highest BCUT2D eigenvalue weighted by atomic mass is 35.5. The highest BCUT2D eigenvalue weighted by molar-refractivity contribution is 6.01. The van der Waals surface area contributed by atoms with Gasteiger partial charge in [0.1, 0.15) is 11.4 Å². The molecule has 43 heavy (non-hydrogen) atoms. The van der Waals surface area contributed by atoms with Crippen molar-refractivity contribution in [1.29, 1.82) is 0 Å². The summed E-state index contributed by atoms with van der Waals surface area (Å²) in [6.45, 7) is 7.74. The Morgan fingerprint density at radius 1 is 0.977 bits per heavy atom. The molecule has 8 heteroatoms. The monoisotopic (exact) mass is 594 g/mol. The molecule has 0 radical (unpaired) electrons. The Morgan fingerprint density at radius 3 is 2.60 bits per heavy atom. The first-order valence-corrected chi connectivity index (χ1v) is 14.5. The molecule has 0 bridgehead atoms. The fourth-order valence-corrected chi connectivity index (χ4v) is 6.21. The number of halogens is 1. The fourth-order valence-electron chi connectivity index (χ4n) is 6.21. The van der Waals surface area contributed by atoms with E-state index in [-0.39, 0.29) is 25.1 Å². The van der Waals surface area contributed by atoms with Crippen molar-refractivity contribution in [2.45, 2.75) is 46.5 Å². The van der Waals surface area contributed by atoms with Crippen molar-refractivity contribution in [3.05, 3.63) is 124 Å². The Morgan fingerprint density at radius 2 is 1.77 bits per heavy atom. The van der Waals surface area contributed by atoms with Gasteiger partial charge in [-0.1, -0.05) is 66.7 Å². The minimum atomic E-state index is -0.196. The van der Waals surface area contributed by atoms with Crippen molar-refractivity contribution in [2.24, 2.45) is 0 Å². The second-order valence-electron chi connectivity index (χ2n) is 11.1. The summed E-state index contributed by atoms with van der Waals surface area (Å²) >= 11 is 0. The molecule has 2 aliphatic rings. The molecule has 0 atom stereocenters. The largest absolute Gasteiger partial charge is 0.467 e. The van der Waals surface area contributed by atoms with E-state index in [9.17, 15) is 4.79 Å². The predicted octanol–water partition coefficient (Wildman–Crippen LogP) is 6.48. The van der Waals surface area contributed by atoms with E-state index in [1.54, 1.807) is 0 Å². The number of fused-ring (bicyclic) bond motifs is 3. The lowest BCUT2D eigenvalue weighted by Crippen LogP contribution is -2.32. The number of hydrogen-bond donors (Lipinski definition) is 1. The van der Waals surface area contributed by atoms with Crippen LogP contribution in [0.15, 0.2) is 78.9 Å². The van der Waals surface area contributed by atoms with Gasteiger partial charge in [0, 0.05) is 42.8 Å². The van der Waals surface area contributed by atoms with Crippen LogP contribution in [0.1, 0.15) is 49.6 Å². The van der Waals surface area contributed by atoms with Crippen molar-refractivity contribution < 1.29 is 14.3 Å². The standard InChI is InChI=1S/C35H34N4O3.ClH/c1-23-24(2)39(19-25-9-4-3-5-10-25)33-29(23)17-31(37-34(33)38-16-15-26-11-6-7-12-28(26)20-38)35(40)36-18-27-13-8-14-32-30(27)21-41-22-42-32;/h3-14,17H,15-16,18-22H2,1-2H3,(H,36,40);1H. The minimum Gasteiger partial charge on any atom is -0.467 e. The topological polar surface area (TPSA) is 68.6 Å². The number of benzene rings is 3. The van der Waals surface area contributed by atoms with E-state index < -0.39 is 0 Å². The van der Waals surface area contributed by atoms with E-state index in [1.165, 1.54) is 27.9 Å². The average Bonchev–Trinajstić information content (AvgIpc) is 3.28. The third-order valence-corrected chi connectivity index (χ3v) is 8.66. The number of aromatic nitrogens is 2. The van der Waals surface area contributed by atoms with Gasteiger partial charge in [-0.15, -0.1) is 12.4 Å². The molecule has 0 saturated heterocycles.